The molecule has 1 aromatic heterocycles. The molecule has 0 radical (unpaired) electrons. The second kappa shape index (κ2) is 8.11. The van der Waals surface area contributed by atoms with Crippen molar-refractivity contribution in [3.63, 3.8) is 0 Å². The van der Waals surface area contributed by atoms with E-state index in [0.29, 0.717) is 12.1 Å². The minimum atomic E-state index is -0.209. The van der Waals surface area contributed by atoms with Crippen molar-refractivity contribution >= 4 is 11.7 Å². The van der Waals surface area contributed by atoms with Gasteiger partial charge in [0.1, 0.15) is 5.82 Å². The van der Waals surface area contributed by atoms with Crippen molar-refractivity contribution in [3.8, 4) is 0 Å². The zero-order chi connectivity index (χ0) is 17.5. The number of nitrogens with two attached hydrogens (primary N) is 1. The Morgan fingerprint density at radius 2 is 1.48 bits per heavy atom. The van der Waals surface area contributed by atoms with Gasteiger partial charge in [0.05, 0.1) is 5.56 Å². The Labute approximate surface area is 147 Å². The number of nitrogen functional groups attached to an aromatic ring is 1. The van der Waals surface area contributed by atoms with Gasteiger partial charge >= 0.3 is 0 Å². The molecule has 0 aliphatic rings. The van der Waals surface area contributed by atoms with E-state index >= 15 is 0 Å². The molecule has 3 aromatic rings. The van der Waals surface area contributed by atoms with Crippen LogP contribution >= 0.6 is 0 Å². The minimum Gasteiger partial charge on any atom is -0.383 e. The first kappa shape index (κ1) is 16.7. The molecule has 126 valence electrons. The lowest BCUT2D eigenvalue weighted by Crippen LogP contribution is -2.24. The highest BCUT2D eigenvalue weighted by atomic mass is 16.1. The Morgan fingerprint density at radius 1 is 0.840 bits per heavy atom. The molecular formula is C21H21N3O. The van der Waals surface area contributed by atoms with Crippen molar-refractivity contribution in [1.29, 1.82) is 0 Å². The van der Waals surface area contributed by atoms with E-state index in [9.17, 15) is 4.79 Å². The third kappa shape index (κ3) is 4.67. The van der Waals surface area contributed by atoms with Crippen LogP contribution in [0.25, 0.3) is 0 Å². The highest BCUT2D eigenvalue weighted by molar-refractivity contribution is 5.98. The molecule has 0 saturated heterocycles. The summed E-state index contributed by atoms with van der Waals surface area (Å²) in [7, 11) is 0. The molecule has 0 spiro atoms. The summed E-state index contributed by atoms with van der Waals surface area (Å²) in [6, 6.07) is 22.2. The second-order valence-electron chi connectivity index (χ2n) is 5.92. The quantitative estimate of drug-likeness (QED) is 0.727. The fourth-order valence-corrected chi connectivity index (χ4v) is 2.64. The number of hydrogen-bond acceptors (Lipinski definition) is 3. The smallest absolute Gasteiger partial charge is 0.255 e. The van der Waals surface area contributed by atoms with Crippen LogP contribution in [0.5, 0.6) is 0 Å². The molecule has 0 unspecified atom stereocenters. The van der Waals surface area contributed by atoms with E-state index in [2.05, 4.69) is 46.7 Å². The number of aryl methyl sites for hydroxylation is 2. The first-order valence-corrected chi connectivity index (χ1v) is 8.33. The molecule has 2 aromatic carbocycles. The van der Waals surface area contributed by atoms with Crippen LogP contribution in [0, 0.1) is 0 Å². The minimum absolute atomic E-state index is 0.209. The Morgan fingerprint density at radius 3 is 2.16 bits per heavy atom. The van der Waals surface area contributed by atoms with Crippen LogP contribution in [0.1, 0.15) is 27.0 Å². The molecule has 1 heterocycles. The van der Waals surface area contributed by atoms with Gasteiger partial charge in [-0.1, -0.05) is 54.6 Å². The van der Waals surface area contributed by atoms with E-state index in [1.165, 1.54) is 11.1 Å². The summed E-state index contributed by atoms with van der Waals surface area (Å²) < 4.78 is 0. The first-order chi connectivity index (χ1) is 12.2. The van der Waals surface area contributed by atoms with Gasteiger partial charge in [-0.25, -0.2) is 4.98 Å². The van der Waals surface area contributed by atoms with Crippen LogP contribution in [0.3, 0.4) is 0 Å². The number of pyridine rings is 1. The molecule has 25 heavy (non-hydrogen) atoms. The lowest BCUT2D eigenvalue weighted by Gasteiger charge is -2.08. The van der Waals surface area contributed by atoms with Crippen molar-refractivity contribution in [2.75, 3.05) is 5.73 Å². The predicted molar refractivity (Wildman–Crippen MR) is 100 cm³/mol. The number of aromatic nitrogens is 1. The van der Waals surface area contributed by atoms with Crippen molar-refractivity contribution in [2.24, 2.45) is 0 Å². The molecule has 3 rings (SSSR count). The van der Waals surface area contributed by atoms with Gasteiger partial charge < -0.3 is 11.1 Å². The number of nitrogens with zero attached hydrogens (tertiary/aromatic N) is 1. The fourth-order valence-electron chi connectivity index (χ4n) is 2.64. The third-order valence-electron chi connectivity index (χ3n) is 4.10. The summed E-state index contributed by atoms with van der Waals surface area (Å²) in [4.78, 5) is 16.1. The zero-order valence-corrected chi connectivity index (χ0v) is 14.0. The van der Waals surface area contributed by atoms with E-state index < -0.39 is 0 Å². The zero-order valence-electron chi connectivity index (χ0n) is 14.0. The van der Waals surface area contributed by atoms with E-state index in [0.717, 1.165) is 18.4 Å². The normalized spacial score (nSPS) is 10.4. The van der Waals surface area contributed by atoms with Gasteiger partial charge in [-0.3, -0.25) is 4.79 Å². The van der Waals surface area contributed by atoms with E-state index in [1.54, 1.807) is 18.3 Å². The highest BCUT2D eigenvalue weighted by Crippen LogP contribution is 2.10. The van der Waals surface area contributed by atoms with Crippen LogP contribution in [-0.4, -0.2) is 10.9 Å². The monoisotopic (exact) mass is 331 g/mol. The molecule has 1 amide bonds. The van der Waals surface area contributed by atoms with Crippen molar-refractivity contribution in [3.05, 3.63) is 95.2 Å². The Balaban J connectivity index is 1.52. The second-order valence-corrected chi connectivity index (χ2v) is 5.92. The number of nitrogens with one attached hydrogen (secondary N) is 1. The molecule has 0 aliphatic carbocycles. The van der Waals surface area contributed by atoms with Gasteiger partial charge in [0.15, 0.2) is 0 Å². The lowest BCUT2D eigenvalue weighted by atomic mass is 10.0. The molecule has 0 aliphatic heterocycles. The van der Waals surface area contributed by atoms with Gasteiger partial charge in [-0.2, -0.15) is 0 Å². The largest absolute Gasteiger partial charge is 0.383 e. The SMILES string of the molecule is Nc1ncccc1C(=O)NCc1ccc(CCc2ccccc2)cc1. The summed E-state index contributed by atoms with van der Waals surface area (Å²) in [5.41, 5.74) is 9.81. The van der Waals surface area contributed by atoms with Crippen molar-refractivity contribution < 1.29 is 4.79 Å². The number of benzene rings is 2. The van der Waals surface area contributed by atoms with Crippen LogP contribution in [0.15, 0.2) is 72.9 Å². The molecule has 4 heteroatoms. The topological polar surface area (TPSA) is 68.0 Å². The van der Waals surface area contributed by atoms with E-state index in [4.69, 9.17) is 5.73 Å². The van der Waals surface area contributed by atoms with E-state index in [1.807, 2.05) is 18.2 Å². The number of hydrogen-bond donors (Lipinski definition) is 2. The van der Waals surface area contributed by atoms with Crippen molar-refractivity contribution in [1.82, 2.24) is 10.3 Å². The van der Waals surface area contributed by atoms with Gasteiger partial charge in [-0.15, -0.1) is 0 Å². The Hall–Kier alpha value is -3.14. The standard InChI is InChI=1S/C21H21N3O/c22-20-19(7-4-14-23-20)21(25)24-15-18-12-10-17(11-13-18)9-8-16-5-2-1-3-6-16/h1-7,10-14H,8-9,15H2,(H2,22,23)(H,24,25). The van der Waals surface area contributed by atoms with Crippen molar-refractivity contribution in [2.45, 2.75) is 19.4 Å². The molecule has 0 bridgehead atoms. The Bertz CT molecular complexity index is 829. The van der Waals surface area contributed by atoms with E-state index in [-0.39, 0.29) is 11.7 Å². The summed E-state index contributed by atoms with van der Waals surface area (Å²) >= 11 is 0. The number of carbonyl (C=O) groups is 1. The molecule has 0 fully saturated rings. The summed E-state index contributed by atoms with van der Waals surface area (Å²) in [5, 5.41) is 2.87. The maximum absolute atomic E-state index is 12.1. The summed E-state index contributed by atoms with van der Waals surface area (Å²) in [5.74, 6) is 0.0371. The number of rotatable bonds is 6. The lowest BCUT2D eigenvalue weighted by molar-refractivity contribution is 0.0951. The molecule has 0 atom stereocenters. The third-order valence-corrected chi connectivity index (χ3v) is 4.10. The van der Waals surface area contributed by atoms with Gasteiger partial charge in [-0.05, 0) is 41.7 Å². The maximum atomic E-state index is 12.1. The number of amides is 1. The predicted octanol–water partition coefficient (Wildman–Crippen LogP) is 3.38. The highest BCUT2D eigenvalue weighted by Gasteiger charge is 2.09. The fraction of sp³-hybridized carbons (Fsp3) is 0.143. The molecule has 0 saturated carbocycles. The van der Waals surface area contributed by atoms with Gasteiger partial charge in [0.2, 0.25) is 0 Å². The molecule has 3 N–H and O–H groups in total. The summed E-state index contributed by atoms with van der Waals surface area (Å²) in [6.07, 6.45) is 3.60. The molecule has 4 nitrogen and oxygen atoms in total. The Kier molecular flexibility index (Phi) is 5.42. The average molecular weight is 331 g/mol. The van der Waals surface area contributed by atoms with Gasteiger partial charge in [0, 0.05) is 12.7 Å². The summed E-state index contributed by atoms with van der Waals surface area (Å²) in [6.45, 7) is 0.464. The van der Waals surface area contributed by atoms with Crippen LogP contribution in [-0.2, 0) is 19.4 Å². The van der Waals surface area contributed by atoms with Crippen LogP contribution < -0.4 is 11.1 Å². The van der Waals surface area contributed by atoms with Crippen LogP contribution in [0.2, 0.25) is 0 Å². The van der Waals surface area contributed by atoms with Gasteiger partial charge in [0.25, 0.3) is 5.91 Å². The number of anilines is 1. The first-order valence-electron chi connectivity index (χ1n) is 8.33. The average Bonchev–Trinajstić information content (AvgIpc) is 2.66. The molecular weight excluding hydrogens is 310 g/mol. The maximum Gasteiger partial charge on any atom is 0.255 e. The number of carbonyl (C=O) groups excluding carboxylic acids is 1. The van der Waals surface area contributed by atoms with Crippen LogP contribution in [0.4, 0.5) is 5.82 Å².